The molecule has 0 bridgehead atoms. The van der Waals surface area contributed by atoms with E-state index in [2.05, 4.69) is 51.6 Å². The molecule has 108 valence electrons. The summed E-state index contributed by atoms with van der Waals surface area (Å²) in [6.07, 6.45) is 7.83. The van der Waals surface area contributed by atoms with E-state index in [0.29, 0.717) is 0 Å². The Balaban J connectivity index is 2.37. The van der Waals surface area contributed by atoms with Gasteiger partial charge in [0.2, 0.25) is 0 Å². The fourth-order valence-corrected chi connectivity index (χ4v) is 3.89. The fourth-order valence-electron chi connectivity index (χ4n) is 3.35. The Morgan fingerprint density at radius 2 is 2.11 bits per heavy atom. The second-order valence-electron chi connectivity index (χ2n) is 5.78. The SMILES string of the molecule is CCCn1ncc(Br)c1C(N)C1(N(C)C)CCCC1. The topological polar surface area (TPSA) is 47.1 Å². The molecule has 1 unspecified atom stereocenters. The molecule has 2 rings (SSSR count). The van der Waals surface area contributed by atoms with E-state index in [9.17, 15) is 0 Å². The van der Waals surface area contributed by atoms with Crippen molar-refractivity contribution in [1.82, 2.24) is 14.7 Å². The van der Waals surface area contributed by atoms with E-state index in [0.717, 1.165) is 23.1 Å². The van der Waals surface area contributed by atoms with Gasteiger partial charge in [-0.15, -0.1) is 0 Å². The second-order valence-corrected chi connectivity index (χ2v) is 6.64. The van der Waals surface area contributed by atoms with Crippen molar-refractivity contribution in [2.75, 3.05) is 14.1 Å². The number of halogens is 1. The molecule has 0 radical (unpaired) electrons. The van der Waals surface area contributed by atoms with E-state index in [4.69, 9.17) is 5.73 Å². The van der Waals surface area contributed by atoms with Crippen molar-refractivity contribution in [3.05, 3.63) is 16.4 Å². The van der Waals surface area contributed by atoms with Crippen molar-refractivity contribution in [1.29, 1.82) is 0 Å². The van der Waals surface area contributed by atoms with Gasteiger partial charge in [0.25, 0.3) is 0 Å². The second kappa shape index (κ2) is 5.94. The molecule has 1 saturated carbocycles. The highest BCUT2D eigenvalue weighted by Gasteiger charge is 2.44. The molecule has 1 aromatic heterocycles. The van der Waals surface area contributed by atoms with E-state index in [1.54, 1.807) is 0 Å². The number of aromatic nitrogens is 2. The Bertz CT molecular complexity index is 421. The Labute approximate surface area is 124 Å². The van der Waals surface area contributed by atoms with E-state index < -0.39 is 0 Å². The molecule has 1 fully saturated rings. The molecule has 0 aliphatic heterocycles. The molecule has 0 spiro atoms. The minimum Gasteiger partial charge on any atom is -0.321 e. The van der Waals surface area contributed by atoms with Crippen molar-refractivity contribution in [3.8, 4) is 0 Å². The maximum Gasteiger partial charge on any atom is 0.0712 e. The van der Waals surface area contributed by atoms with Gasteiger partial charge in [-0.2, -0.15) is 5.10 Å². The molecular weight excluding hydrogens is 304 g/mol. The number of rotatable bonds is 5. The van der Waals surface area contributed by atoms with Crippen LogP contribution in [-0.4, -0.2) is 34.3 Å². The lowest BCUT2D eigenvalue weighted by atomic mass is 9.85. The molecule has 0 amide bonds. The van der Waals surface area contributed by atoms with Crippen LogP contribution in [0.2, 0.25) is 0 Å². The van der Waals surface area contributed by atoms with Crippen molar-refractivity contribution in [2.24, 2.45) is 5.73 Å². The quantitative estimate of drug-likeness (QED) is 0.903. The van der Waals surface area contributed by atoms with Crippen LogP contribution >= 0.6 is 15.9 Å². The maximum atomic E-state index is 6.68. The van der Waals surface area contributed by atoms with Gasteiger partial charge in [0.15, 0.2) is 0 Å². The maximum absolute atomic E-state index is 6.68. The van der Waals surface area contributed by atoms with Crippen LogP contribution in [0.3, 0.4) is 0 Å². The lowest BCUT2D eigenvalue weighted by Gasteiger charge is -2.41. The van der Waals surface area contributed by atoms with E-state index in [-0.39, 0.29) is 11.6 Å². The predicted octanol–water partition coefficient (Wildman–Crippen LogP) is 2.93. The molecule has 2 N–H and O–H groups in total. The third-order valence-electron chi connectivity index (χ3n) is 4.50. The number of hydrogen-bond acceptors (Lipinski definition) is 3. The van der Waals surface area contributed by atoms with Gasteiger partial charge in [-0.25, -0.2) is 0 Å². The van der Waals surface area contributed by atoms with Gasteiger partial charge in [-0.3, -0.25) is 4.68 Å². The minimum atomic E-state index is 0.00780. The summed E-state index contributed by atoms with van der Waals surface area (Å²) in [5.41, 5.74) is 7.91. The number of aryl methyl sites for hydroxylation is 1. The summed E-state index contributed by atoms with van der Waals surface area (Å²) in [6.45, 7) is 3.10. The highest BCUT2D eigenvalue weighted by atomic mass is 79.9. The lowest BCUT2D eigenvalue weighted by molar-refractivity contribution is 0.119. The van der Waals surface area contributed by atoms with Crippen LogP contribution in [0, 0.1) is 0 Å². The largest absolute Gasteiger partial charge is 0.321 e. The van der Waals surface area contributed by atoms with Crippen LogP contribution in [-0.2, 0) is 6.54 Å². The zero-order valence-corrected chi connectivity index (χ0v) is 13.8. The monoisotopic (exact) mass is 328 g/mol. The van der Waals surface area contributed by atoms with Gasteiger partial charge < -0.3 is 10.6 Å². The summed E-state index contributed by atoms with van der Waals surface area (Å²) in [7, 11) is 4.30. The van der Waals surface area contributed by atoms with Gasteiger partial charge in [0, 0.05) is 12.1 Å². The van der Waals surface area contributed by atoms with Crippen LogP contribution in [0.4, 0.5) is 0 Å². The van der Waals surface area contributed by atoms with E-state index in [1.807, 2.05) is 6.20 Å². The minimum absolute atomic E-state index is 0.00780. The van der Waals surface area contributed by atoms with Gasteiger partial charge in [0.05, 0.1) is 22.4 Å². The molecule has 1 aliphatic rings. The van der Waals surface area contributed by atoms with Crippen LogP contribution in [0.15, 0.2) is 10.7 Å². The molecule has 1 aromatic rings. The Kier molecular flexibility index (Phi) is 4.69. The summed E-state index contributed by atoms with van der Waals surface area (Å²) >= 11 is 3.63. The van der Waals surface area contributed by atoms with Crippen LogP contribution in [0.25, 0.3) is 0 Å². The van der Waals surface area contributed by atoms with Crippen molar-refractivity contribution in [2.45, 2.75) is 57.2 Å². The number of likely N-dealkylation sites (N-methyl/N-ethyl adjacent to an activating group) is 1. The molecule has 1 heterocycles. The van der Waals surface area contributed by atoms with Gasteiger partial charge in [0.1, 0.15) is 0 Å². The standard InChI is InChI=1S/C14H25BrN4/c1-4-9-19-12(11(15)10-17-19)13(16)14(18(2)3)7-5-6-8-14/h10,13H,4-9,16H2,1-3H3. The summed E-state index contributed by atoms with van der Waals surface area (Å²) in [5, 5.41) is 4.46. The Morgan fingerprint density at radius 3 is 2.63 bits per heavy atom. The number of hydrogen-bond donors (Lipinski definition) is 1. The summed E-state index contributed by atoms with van der Waals surface area (Å²) < 4.78 is 3.11. The predicted molar refractivity (Wildman–Crippen MR) is 82.0 cm³/mol. The van der Waals surface area contributed by atoms with Crippen molar-refractivity contribution < 1.29 is 0 Å². The Morgan fingerprint density at radius 1 is 1.47 bits per heavy atom. The zero-order valence-electron chi connectivity index (χ0n) is 12.2. The first-order valence-corrected chi connectivity index (χ1v) is 7.96. The molecule has 1 aliphatic carbocycles. The molecule has 1 atom stereocenters. The normalized spacial score (nSPS) is 20.1. The van der Waals surface area contributed by atoms with Crippen LogP contribution in [0.5, 0.6) is 0 Å². The molecular formula is C14H25BrN4. The fraction of sp³-hybridized carbons (Fsp3) is 0.786. The first-order chi connectivity index (χ1) is 9.03. The van der Waals surface area contributed by atoms with Gasteiger partial charge in [-0.05, 0) is 49.3 Å². The third-order valence-corrected chi connectivity index (χ3v) is 5.11. The molecule has 5 heteroatoms. The highest BCUT2D eigenvalue weighted by molar-refractivity contribution is 9.10. The average molecular weight is 329 g/mol. The molecule has 19 heavy (non-hydrogen) atoms. The molecule has 0 saturated heterocycles. The van der Waals surface area contributed by atoms with Crippen LogP contribution in [0.1, 0.15) is 50.8 Å². The van der Waals surface area contributed by atoms with Crippen molar-refractivity contribution in [3.63, 3.8) is 0 Å². The lowest BCUT2D eigenvalue weighted by Crippen LogP contribution is -2.51. The summed E-state index contributed by atoms with van der Waals surface area (Å²) in [5.74, 6) is 0. The number of nitrogens with two attached hydrogens (primary N) is 1. The third kappa shape index (κ3) is 2.60. The molecule has 4 nitrogen and oxygen atoms in total. The van der Waals surface area contributed by atoms with Crippen LogP contribution < -0.4 is 5.73 Å². The first-order valence-electron chi connectivity index (χ1n) is 7.17. The average Bonchev–Trinajstić information content (AvgIpc) is 2.97. The Hall–Kier alpha value is -0.390. The summed E-state index contributed by atoms with van der Waals surface area (Å²) in [4.78, 5) is 2.32. The smallest absolute Gasteiger partial charge is 0.0712 e. The zero-order chi connectivity index (χ0) is 14.0. The van der Waals surface area contributed by atoms with Gasteiger partial charge >= 0.3 is 0 Å². The number of nitrogens with zero attached hydrogens (tertiary/aromatic N) is 3. The van der Waals surface area contributed by atoms with Gasteiger partial charge in [-0.1, -0.05) is 19.8 Å². The highest BCUT2D eigenvalue weighted by Crippen LogP contribution is 2.43. The summed E-state index contributed by atoms with van der Waals surface area (Å²) in [6, 6.07) is 0.00780. The van der Waals surface area contributed by atoms with Crippen molar-refractivity contribution >= 4 is 15.9 Å². The first kappa shape index (κ1) is 15.0. The van der Waals surface area contributed by atoms with E-state index in [1.165, 1.54) is 25.7 Å². The molecule has 0 aromatic carbocycles. The van der Waals surface area contributed by atoms with E-state index >= 15 is 0 Å².